The van der Waals surface area contributed by atoms with Crippen LogP contribution >= 0.6 is 23.5 Å². The maximum atomic E-state index is 14.5. The summed E-state index contributed by atoms with van der Waals surface area (Å²) in [5.74, 6) is 0.998. The molecule has 1 aromatic heterocycles. The van der Waals surface area contributed by atoms with Crippen molar-refractivity contribution >= 4 is 29.4 Å². The van der Waals surface area contributed by atoms with Gasteiger partial charge in [0.05, 0.1) is 10.3 Å². The molecule has 1 aliphatic rings. The van der Waals surface area contributed by atoms with Gasteiger partial charge in [-0.2, -0.15) is 0 Å². The van der Waals surface area contributed by atoms with Crippen LogP contribution in [0.1, 0.15) is 26.3 Å². The number of nitrogens with two attached hydrogens (primary N) is 1. The van der Waals surface area contributed by atoms with Gasteiger partial charge in [0.2, 0.25) is 0 Å². The van der Waals surface area contributed by atoms with Crippen LogP contribution in [0.2, 0.25) is 0 Å². The number of benzene rings is 1. The molecule has 6 heteroatoms. The van der Waals surface area contributed by atoms with E-state index in [0.29, 0.717) is 17.2 Å². The Hall–Kier alpha value is -1.53. The molecule has 0 spiro atoms. The molecule has 0 radical (unpaired) electrons. The molecule has 24 heavy (non-hydrogen) atoms. The predicted molar refractivity (Wildman–Crippen MR) is 100 cm³/mol. The fourth-order valence-corrected chi connectivity index (χ4v) is 4.34. The fraction of sp³-hybridized carbons (Fsp3) is 0.333. The molecule has 3 nitrogen and oxygen atoms in total. The first kappa shape index (κ1) is 17.3. The molecule has 0 aliphatic carbocycles. The van der Waals surface area contributed by atoms with Gasteiger partial charge in [0.15, 0.2) is 0 Å². The van der Waals surface area contributed by atoms with Gasteiger partial charge in [0, 0.05) is 22.4 Å². The summed E-state index contributed by atoms with van der Waals surface area (Å²) in [5.41, 5.74) is 6.05. The molecular formula is C18H20FN3S2. The van der Waals surface area contributed by atoms with Crippen LogP contribution in [-0.2, 0) is 5.54 Å². The van der Waals surface area contributed by atoms with Gasteiger partial charge in [-0.25, -0.2) is 9.37 Å². The number of hydrogen-bond acceptors (Lipinski definition) is 5. The van der Waals surface area contributed by atoms with Crippen molar-refractivity contribution in [3.05, 3.63) is 54.0 Å². The predicted octanol–water partition coefficient (Wildman–Crippen LogP) is 4.47. The van der Waals surface area contributed by atoms with E-state index in [0.717, 1.165) is 9.92 Å². The van der Waals surface area contributed by atoms with E-state index in [9.17, 15) is 4.39 Å². The van der Waals surface area contributed by atoms with Crippen LogP contribution in [0.25, 0.3) is 0 Å². The van der Waals surface area contributed by atoms with Gasteiger partial charge >= 0.3 is 0 Å². The second-order valence-corrected chi connectivity index (χ2v) is 9.17. The van der Waals surface area contributed by atoms with Gasteiger partial charge in [-0.15, -0.1) is 11.8 Å². The van der Waals surface area contributed by atoms with E-state index in [1.807, 2.05) is 45.0 Å². The van der Waals surface area contributed by atoms with E-state index in [4.69, 9.17) is 5.73 Å². The van der Waals surface area contributed by atoms with Crippen LogP contribution in [0.15, 0.2) is 57.5 Å². The van der Waals surface area contributed by atoms with Crippen molar-refractivity contribution in [1.29, 1.82) is 0 Å². The summed E-state index contributed by atoms with van der Waals surface area (Å²) < 4.78 is 14.3. The molecule has 0 amide bonds. The molecule has 0 saturated heterocycles. The fourth-order valence-electron chi connectivity index (χ4n) is 2.47. The first-order valence-corrected chi connectivity index (χ1v) is 9.49. The van der Waals surface area contributed by atoms with E-state index in [1.54, 1.807) is 24.0 Å². The van der Waals surface area contributed by atoms with Gasteiger partial charge in [-0.1, -0.05) is 17.8 Å². The molecule has 3 rings (SSSR count). The number of aromatic nitrogens is 1. The highest BCUT2D eigenvalue weighted by Gasteiger charge is 2.39. The molecule has 1 aromatic carbocycles. The quantitative estimate of drug-likeness (QED) is 0.876. The topological polar surface area (TPSA) is 51.3 Å². The summed E-state index contributed by atoms with van der Waals surface area (Å²) in [6, 6.07) is 10.9. The number of amidine groups is 1. The Morgan fingerprint density at radius 1 is 1.21 bits per heavy atom. The Morgan fingerprint density at radius 3 is 2.67 bits per heavy atom. The average Bonchev–Trinajstić information content (AvgIpc) is 2.55. The van der Waals surface area contributed by atoms with E-state index in [1.165, 1.54) is 17.8 Å². The number of nitrogens with zero attached hydrogens (tertiary/aromatic N) is 2. The zero-order chi connectivity index (χ0) is 17.4. The third kappa shape index (κ3) is 3.44. The minimum absolute atomic E-state index is 0.212. The van der Waals surface area contributed by atoms with Crippen LogP contribution < -0.4 is 5.73 Å². The summed E-state index contributed by atoms with van der Waals surface area (Å²) in [4.78, 5) is 9.90. The van der Waals surface area contributed by atoms with E-state index >= 15 is 0 Å². The number of rotatable bonds is 3. The zero-order valence-electron chi connectivity index (χ0n) is 13.9. The molecule has 0 unspecified atom stereocenters. The zero-order valence-corrected chi connectivity index (χ0v) is 15.5. The van der Waals surface area contributed by atoms with Crippen LogP contribution in [0.4, 0.5) is 4.39 Å². The Bertz CT molecular complexity index is 777. The van der Waals surface area contributed by atoms with E-state index in [2.05, 4.69) is 9.98 Å². The summed E-state index contributed by atoms with van der Waals surface area (Å²) in [7, 11) is 0. The van der Waals surface area contributed by atoms with Crippen molar-refractivity contribution in [2.45, 2.75) is 41.0 Å². The maximum Gasteiger partial charge on any atom is 0.128 e. The third-order valence-electron chi connectivity index (χ3n) is 4.08. The molecule has 0 saturated carbocycles. The van der Waals surface area contributed by atoms with E-state index < -0.39 is 5.54 Å². The third-order valence-corrected chi connectivity index (χ3v) is 6.65. The van der Waals surface area contributed by atoms with Crippen LogP contribution in [0, 0.1) is 5.82 Å². The van der Waals surface area contributed by atoms with Crippen molar-refractivity contribution in [2.75, 3.05) is 5.75 Å². The van der Waals surface area contributed by atoms with Crippen molar-refractivity contribution < 1.29 is 4.39 Å². The summed E-state index contributed by atoms with van der Waals surface area (Å²) in [6.45, 7) is 6.02. The first-order chi connectivity index (χ1) is 11.3. The largest absolute Gasteiger partial charge is 0.386 e. The van der Waals surface area contributed by atoms with Crippen molar-refractivity contribution in [3.63, 3.8) is 0 Å². The Kier molecular flexibility index (Phi) is 4.62. The Morgan fingerprint density at radius 2 is 2.00 bits per heavy atom. The Labute approximate surface area is 150 Å². The lowest BCUT2D eigenvalue weighted by molar-refractivity contribution is 0.501. The van der Waals surface area contributed by atoms with Crippen molar-refractivity contribution in [1.82, 2.24) is 4.98 Å². The highest BCUT2D eigenvalue weighted by molar-refractivity contribution is 8.01. The highest BCUT2D eigenvalue weighted by atomic mass is 32.2. The number of aliphatic imine (C=N–C) groups is 1. The molecule has 2 aromatic rings. The molecule has 2 heterocycles. The number of hydrogen-bond donors (Lipinski definition) is 1. The van der Waals surface area contributed by atoms with Gasteiger partial charge in [0.25, 0.3) is 0 Å². The lowest BCUT2D eigenvalue weighted by Crippen LogP contribution is -2.44. The molecular weight excluding hydrogens is 341 g/mol. The SMILES string of the molecule is CC1(C)SC[C@@](C)(c2cc(Sc3ccccn3)ccc2F)N=C1N. The maximum absolute atomic E-state index is 14.5. The standard InChI is InChI=1S/C18H20FN3S2/c1-17(2)16(20)22-18(3,11-23-17)13-10-12(7-8-14(13)19)24-15-6-4-5-9-21-15/h4-10H,11H2,1-3H3,(H2,20,22)/t18-/m0/s1. The lowest BCUT2D eigenvalue weighted by Gasteiger charge is -2.37. The summed E-state index contributed by atoms with van der Waals surface area (Å²) in [6.07, 6.45) is 1.75. The van der Waals surface area contributed by atoms with Crippen LogP contribution in [0.3, 0.4) is 0 Å². The molecule has 126 valence electrons. The first-order valence-electron chi connectivity index (χ1n) is 7.69. The minimum atomic E-state index is -0.658. The molecule has 0 fully saturated rings. The number of pyridine rings is 1. The monoisotopic (exact) mass is 361 g/mol. The smallest absolute Gasteiger partial charge is 0.128 e. The van der Waals surface area contributed by atoms with Gasteiger partial charge in [0.1, 0.15) is 16.7 Å². The number of thioether (sulfide) groups is 1. The Balaban J connectivity index is 1.96. The average molecular weight is 362 g/mol. The van der Waals surface area contributed by atoms with E-state index in [-0.39, 0.29) is 10.6 Å². The van der Waals surface area contributed by atoms with Crippen molar-refractivity contribution in [3.8, 4) is 0 Å². The highest BCUT2D eigenvalue weighted by Crippen LogP contribution is 2.42. The van der Waals surface area contributed by atoms with Gasteiger partial charge in [-0.05, 0) is 51.1 Å². The van der Waals surface area contributed by atoms with Crippen molar-refractivity contribution in [2.24, 2.45) is 10.7 Å². The molecule has 2 N–H and O–H groups in total. The molecule has 0 bridgehead atoms. The van der Waals surface area contributed by atoms with Gasteiger partial charge in [-0.3, -0.25) is 4.99 Å². The molecule has 1 atom stereocenters. The van der Waals surface area contributed by atoms with Crippen LogP contribution in [-0.4, -0.2) is 21.3 Å². The van der Waals surface area contributed by atoms with Crippen LogP contribution in [0.5, 0.6) is 0 Å². The van der Waals surface area contributed by atoms with Gasteiger partial charge < -0.3 is 5.73 Å². The summed E-state index contributed by atoms with van der Waals surface area (Å²) >= 11 is 3.22. The number of halogens is 1. The molecule has 1 aliphatic heterocycles. The summed E-state index contributed by atoms with van der Waals surface area (Å²) in [5, 5.41) is 0.877. The minimum Gasteiger partial charge on any atom is -0.386 e. The lowest BCUT2D eigenvalue weighted by atomic mass is 9.93. The second-order valence-electron chi connectivity index (χ2n) is 6.48. The normalized spacial score (nSPS) is 22.9. The second kappa shape index (κ2) is 6.41.